The second kappa shape index (κ2) is 8.65. The fourth-order valence-electron chi connectivity index (χ4n) is 3.00. The van der Waals surface area contributed by atoms with E-state index < -0.39 is 0 Å². The van der Waals surface area contributed by atoms with Crippen LogP contribution in [0.4, 0.5) is 4.39 Å². The van der Waals surface area contributed by atoms with Gasteiger partial charge in [0.05, 0.1) is 17.1 Å². The SMILES string of the molecule is CCC(=O)NC(C)c1nc2ccccc2n1CC(=O)NCc1ccc(F)cc1. The van der Waals surface area contributed by atoms with Crippen LogP contribution >= 0.6 is 0 Å². The zero-order valence-corrected chi connectivity index (χ0v) is 15.9. The second-order valence-corrected chi connectivity index (χ2v) is 6.59. The Bertz CT molecular complexity index is 982. The summed E-state index contributed by atoms with van der Waals surface area (Å²) in [5.74, 6) is 0.0438. The predicted molar refractivity (Wildman–Crippen MR) is 105 cm³/mol. The van der Waals surface area contributed by atoms with Gasteiger partial charge < -0.3 is 15.2 Å². The van der Waals surface area contributed by atoms with Gasteiger partial charge in [0.1, 0.15) is 18.2 Å². The highest BCUT2D eigenvalue weighted by molar-refractivity contribution is 5.81. The van der Waals surface area contributed by atoms with E-state index >= 15 is 0 Å². The number of amides is 2. The molecule has 7 heteroatoms. The van der Waals surface area contributed by atoms with E-state index in [0.29, 0.717) is 18.8 Å². The number of halogens is 1. The molecule has 0 aliphatic carbocycles. The highest BCUT2D eigenvalue weighted by atomic mass is 19.1. The molecule has 6 nitrogen and oxygen atoms in total. The molecule has 3 aromatic rings. The molecule has 146 valence electrons. The lowest BCUT2D eigenvalue weighted by atomic mass is 10.2. The van der Waals surface area contributed by atoms with Crippen LogP contribution in [-0.4, -0.2) is 21.4 Å². The van der Waals surface area contributed by atoms with Gasteiger partial charge in [-0.05, 0) is 36.8 Å². The number of nitrogens with one attached hydrogen (secondary N) is 2. The Morgan fingerprint density at radius 3 is 2.54 bits per heavy atom. The Labute approximate surface area is 162 Å². The molecule has 2 N–H and O–H groups in total. The molecule has 1 heterocycles. The van der Waals surface area contributed by atoms with E-state index in [0.717, 1.165) is 16.6 Å². The topological polar surface area (TPSA) is 76.0 Å². The van der Waals surface area contributed by atoms with Crippen molar-refractivity contribution in [3.63, 3.8) is 0 Å². The zero-order valence-electron chi connectivity index (χ0n) is 15.9. The first-order chi connectivity index (χ1) is 13.5. The van der Waals surface area contributed by atoms with Crippen molar-refractivity contribution >= 4 is 22.8 Å². The number of aromatic nitrogens is 2. The van der Waals surface area contributed by atoms with Crippen LogP contribution in [0.1, 0.15) is 37.7 Å². The maximum Gasteiger partial charge on any atom is 0.240 e. The fourth-order valence-corrected chi connectivity index (χ4v) is 3.00. The summed E-state index contributed by atoms with van der Waals surface area (Å²) in [6.45, 7) is 4.02. The van der Waals surface area contributed by atoms with Crippen molar-refractivity contribution < 1.29 is 14.0 Å². The lowest BCUT2D eigenvalue weighted by Crippen LogP contribution is -2.31. The van der Waals surface area contributed by atoms with Crippen molar-refractivity contribution in [3.05, 3.63) is 65.7 Å². The van der Waals surface area contributed by atoms with Crippen molar-refractivity contribution in [2.75, 3.05) is 0 Å². The number of nitrogens with zero attached hydrogens (tertiary/aromatic N) is 2. The lowest BCUT2D eigenvalue weighted by Gasteiger charge is -2.16. The van der Waals surface area contributed by atoms with Gasteiger partial charge in [-0.2, -0.15) is 0 Å². The molecular formula is C21H23FN4O2. The van der Waals surface area contributed by atoms with Crippen LogP contribution in [0.5, 0.6) is 0 Å². The molecule has 0 bridgehead atoms. The van der Waals surface area contributed by atoms with Gasteiger partial charge in [0.2, 0.25) is 11.8 Å². The van der Waals surface area contributed by atoms with Crippen molar-refractivity contribution in [1.29, 1.82) is 0 Å². The van der Waals surface area contributed by atoms with Gasteiger partial charge in [-0.15, -0.1) is 0 Å². The average Bonchev–Trinajstić information content (AvgIpc) is 3.06. The van der Waals surface area contributed by atoms with E-state index in [4.69, 9.17) is 0 Å². The molecule has 1 atom stereocenters. The summed E-state index contributed by atoms with van der Waals surface area (Å²) in [5, 5.41) is 5.74. The van der Waals surface area contributed by atoms with Crippen molar-refractivity contribution in [3.8, 4) is 0 Å². The van der Waals surface area contributed by atoms with E-state index in [1.165, 1.54) is 12.1 Å². The van der Waals surface area contributed by atoms with Gasteiger partial charge in [0.15, 0.2) is 0 Å². The highest BCUT2D eigenvalue weighted by Crippen LogP contribution is 2.21. The fraction of sp³-hybridized carbons (Fsp3) is 0.286. The first-order valence-electron chi connectivity index (χ1n) is 9.23. The smallest absolute Gasteiger partial charge is 0.240 e. The molecule has 0 aliphatic rings. The minimum absolute atomic E-state index is 0.0728. The van der Waals surface area contributed by atoms with Crippen LogP contribution < -0.4 is 10.6 Å². The number of para-hydroxylation sites is 2. The number of carbonyl (C=O) groups excluding carboxylic acids is 2. The Kier molecular flexibility index (Phi) is 6.03. The normalized spacial score (nSPS) is 12.0. The van der Waals surface area contributed by atoms with E-state index in [1.54, 1.807) is 19.1 Å². The van der Waals surface area contributed by atoms with E-state index in [9.17, 15) is 14.0 Å². The minimum Gasteiger partial charge on any atom is -0.350 e. The standard InChI is InChI=1S/C21H23FN4O2/c1-3-19(27)24-14(2)21-25-17-6-4-5-7-18(17)26(21)13-20(28)23-12-15-8-10-16(22)11-9-15/h4-11,14H,3,12-13H2,1-2H3,(H,23,28)(H,24,27). The third-order valence-electron chi connectivity index (χ3n) is 4.47. The first-order valence-corrected chi connectivity index (χ1v) is 9.23. The third kappa shape index (κ3) is 4.54. The molecule has 0 fully saturated rings. The Hall–Kier alpha value is -3.22. The molecule has 0 saturated carbocycles. The van der Waals surface area contributed by atoms with Crippen molar-refractivity contribution in [2.45, 2.75) is 39.4 Å². The monoisotopic (exact) mass is 382 g/mol. The Balaban J connectivity index is 1.78. The number of fused-ring (bicyclic) bond motifs is 1. The number of carbonyl (C=O) groups is 2. The average molecular weight is 382 g/mol. The number of rotatable bonds is 7. The summed E-state index contributed by atoms with van der Waals surface area (Å²) in [5.41, 5.74) is 2.41. The van der Waals surface area contributed by atoms with Gasteiger partial charge in [-0.25, -0.2) is 9.37 Å². The maximum atomic E-state index is 13.0. The van der Waals surface area contributed by atoms with Gasteiger partial charge in [0.25, 0.3) is 0 Å². The number of imidazole rings is 1. The van der Waals surface area contributed by atoms with E-state index in [2.05, 4.69) is 15.6 Å². The summed E-state index contributed by atoms with van der Waals surface area (Å²) in [6, 6.07) is 13.2. The predicted octanol–water partition coefficient (Wildman–Crippen LogP) is 3.08. The molecule has 0 saturated heterocycles. The van der Waals surface area contributed by atoms with Crippen LogP contribution in [0.2, 0.25) is 0 Å². The molecular weight excluding hydrogens is 359 g/mol. The molecule has 0 radical (unpaired) electrons. The van der Waals surface area contributed by atoms with E-state index in [-0.39, 0.29) is 30.2 Å². The Morgan fingerprint density at radius 2 is 1.82 bits per heavy atom. The molecule has 28 heavy (non-hydrogen) atoms. The highest BCUT2D eigenvalue weighted by Gasteiger charge is 2.19. The van der Waals surface area contributed by atoms with Crippen LogP contribution in [0.25, 0.3) is 11.0 Å². The molecule has 0 aliphatic heterocycles. The zero-order chi connectivity index (χ0) is 20.1. The summed E-state index contributed by atoms with van der Waals surface area (Å²) in [4.78, 5) is 28.9. The van der Waals surface area contributed by atoms with Crippen molar-refractivity contribution in [2.24, 2.45) is 0 Å². The van der Waals surface area contributed by atoms with Crippen LogP contribution in [0.15, 0.2) is 48.5 Å². The molecule has 2 amide bonds. The van der Waals surface area contributed by atoms with Crippen LogP contribution in [0.3, 0.4) is 0 Å². The van der Waals surface area contributed by atoms with Gasteiger partial charge in [-0.1, -0.05) is 31.2 Å². The second-order valence-electron chi connectivity index (χ2n) is 6.59. The van der Waals surface area contributed by atoms with Crippen LogP contribution in [0, 0.1) is 5.82 Å². The quantitative estimate of drug-likeness (QED) is 0.659. The third-order valence-corrected chi connectivity index (χ3v) is 4.47. The molecule has 1 aromatic heterocycles. The Morgan fingerprint density at radius 1 is 1.11 bits per heavy atom. The molecule has 1 unspecified atom stereocenters. The first kappa shape index (κ1) is 19.5. The molecule has 3 rings (SSSR count). The minimum atomic E-state index is -0.329. The summed E-state index contributed by atoms with van der Waals surface area (Å²) in [7, 11) is 0. The number of benzene rings is 2. The largest absolute Gasteiger partial charge is 0.350 e. The van der Waals surface area contributed by atoms with E-state index in [1.807, 2.05) is 35.8 Å². The lowest BCUT2D eigenvalue weighted by molar-refractivity contribution is -0.122. The van der Waals surface area contributed by atoms with Crippen molar-refractivity contribution in [1.82, 2.24) is 20.2 Å². The van der Waals surface area contributed by atoms with Gasteiger partial charge in [0, 0.05) is 13.0 Å². The molecule has 0 spiro atoms. The number of hydrogen-bond donors (Lipinski definition) is 2. The summed E-state index contributed by atoms with van der Waals surface area (Å²) < 4.78 is 14.8. The number of hydrogen-bond acceptors (Lipinski definition) is 3. The summed E-state index contributed by atoms with van der Waals surface area (Å²) in [6.07, 6.45) is 0.378. The van der Waals surface area contributed by atoms with Gasteiger partial charge in [-0.3, -0.25) is 9.59 Å². The molecule has 2 aromatic carbocycles. The van der Waals surface area contributed by atoms with Crippen LogP contribution in [-0.2, 0) is 22.7 Å². The summed E-state index contributed by atoms with van der Waals surface area (Å²) >= 11 is 0. The maximum absolute atomic E-state index is 13.0. The van der Waals surface area contributed by atoms with Gasteiger partial charge >= 0.3 is 0 Å².